The van der Waals surface area contributed by atoms with Crippen molar-refractivity contribution in [3.05, 3.63) is 0 Å². The summed E-state index contributed by atoms with van der Waals surface area (Å²) in [6.45, 7) is -0.320. The fraction of sp³-hybridized carbons (Fsp3) is 1.00. The van der Waals surface area contributed by atoms with Crippen LogP contribution in [-0.4, -0.2) is 47.5 Å². The third kappa shape index (κ3) is 3.04. The van der Waals surface area contributed by atoms with Crippen LogP contribution in [0.4, 0.5) is 0 Å². The van der Waals surface area contributed by atoms with Crippen LogP contribution in [0.1, 0.15) is 0 Å². The first-order chi connectivity index (χ1) is 7.19. The highest BCUT2D eigenvalue weighted by atomic mass is 31.0. The molecule has 8 unspecified atom stereocenters. The molecule has 1 aliphatic heterocycles. The third-order valence-corrected chi connectivity index (χ3v) is 3.14. The van der Waals surface area contributed by atoms with Gasteiger partial charge in [-0.15, -0.1) is 0 Å². The van der Waals surface area contributed by atoms with Gasteiger partial charge in [0.15, 0.2) is 6.29 Å². The molecule has 90 valence electrons. The van der Waals surface area contributed by atoms with Crippen molar-refractivity contribution in [1.82, 2.24) is 0 Å². The summed E-state index contributed by atoms with van der Waals surface area (Å²) >= 11 is 0. The van der Waals surface area contributed by atoms with E-state index < -0.39 is 30.7 Å². The molecule has 0 aromatic rings. The van der Waals surface area contributed by atoms with Gasteiger partial charge in [0, 0.05) is 28.4 Å². The summed E-state index contributed by atoms with van der Waals surface area (Å²) in [6.07, 6.45) is -3.70. The van der Waals surface area contributed by atoms with Crippen LogP contribution in [0.2, 0.25) is 0 Å². The normalized spacial score (nSPS) is 41.8. The molecule has 0 spiro atoms. The predicted octanol–water partition coefficient (Wildman–Crippen LogP) is -0.778. The smallest absolute Gasteiger partial charge is 0.190 e. The first kappa shape index (κ1) is 14.1. The highest BCUT2D eigenvalue weighted by Crippen LogP contribution is 2.29. The van der Waals surface area contributed by atoms with E-state index in [0.717, 1.165) is 0 Å². The number of rotatable bonds is 4. The molecule has 15 heavy (non-hydrogen) atoms. The number of ether oxygens (including phenoxy) is 1. The molecule has 0 bridgehead atoms. The summed E-state index contributed by atoms with van der Waals surface area (Å²) in [5, 5.41) is 18.8. The van der Waals surface area contributed by atoms with Crippen LogP contribution in [0.15, 0.2) is 0 Å². The van der Waals surface area contributed by atoms with Gasteiger partial charge in [0.2, 0.25) is 0 Å². The Hall–Kier alpha value is 1.05. The second-order valence-corrected chi connectivity index (χ2v) is 3.87. The topological polar surface area (TPSA) is 77.4 Å². The maximum Gasteiger partial charge on any atom is 0.190 e. The second-order valence-electron chi connectivity index (χ2n) is 3.05. The van der Waals surface area contributed by atoms with Crippen molar-refractivity contribution in [3.63, 3.8) is 0 Å². The van der Waals surface area contributed by atoms with E-state index in [-0.39, 0.29) is 6.61 Å². The second kappa shape index (κ2) is 6.70. The quantitative estimate of drug-likeness (QED) is 0.656. The van der Waals surface area contributed by atoms with Gasteiger partial charge >= 0.3 is 0 Å². The maximum absolute atomic E-state index is 9.77. The molecule has 8 atom stereocenters. The fourth-order valence-corrected chi connectivity index (χ4v) is 2.27. The van der Waals surface area contributed by atoms with Crippen LogP contribution in [0.3, 0.4) is 0 Å². The molecule has 0 amide bonds. The first-order valence-electron chi connectivity index (χ1n) is 4.20. The van der Waals surface area contributed by atoms with Gasteiger partial charge in [-0.05, 0) is 0 Å². The van der Waals surface area contributed by atoms with E-state index in [1.807, 2.05) is 18.9 Å². The van der Waals surface area contributed by atoms with Gasteiger partial charge in [-0.2, -0.15) is 0 Å². The van der Waals surface area contributed by atoms with Crippen LogP contribution in [0, 0.1) is 0 Å². The van der Waals surface area contributed by atoms with Crippen LogP contribution < -0.4 is 0 Å². The Labute approximate surface area is 94.9 Å². The van der Waals surface area contributed by atoms with Crippen molar-refractivity contribution in [2.75, 3.05) is 6.61 Å². The van der Waals surface area contributed by atoms with E-state index in [4.69, 9.17) is 23.4 Å². The minimum atomic E-state index is -0.977. The molecule has 0 aromatic carbocycles. The Bertz CT molecular complexity index is 196. The summed E-state index contributed by atoms with van der Waals surface area (Å²) in [5.74, 6) is 0. The predicted molar refractivity (Wildman–Crippen MR) is 61.7 cm³/mol. The Morgan fingerprint density at radius 2 is 1.67 bits per heavy atom. The Balaban J connectivity index is 2.78. The van der Waals surface area contributed by atoms with Crippen LogP contribution >= 0.6 is 28.4 Å². The van der Waals surface area contributed by atoms with Crippen molar-refractivity contribution in [3.8, 4) is 0 Å². The van der Waals surface area contributed by atoms with Crippen molar-refractivity contribution in [2.24, 2.45) is 0 Å². The van der Waals surface area contributed by atoms with E-state index in [1.54, 1.807) is 0 Å². The van der Waals surface area contributed by atoms with Gasteiger partial charge in [0.25, 0.3) is 0 Å². The molecule has 1 fully saturated rings. The molecule has 0 aliphatic carbocycles. The maximum atomic E-state index is 9.77. The molecule has 1 aliphatic rings. The molecule has 1 heterocycles. The van der Waals surface area contributed by atoms with Gasteiger partial charge in [0.05, 0.1) is 6.61 Å². The van der Waals surface area contributed by atoms with Gasteiger partial charge in [-0.3, -0.25) is 0 Å². The molecule has 0 radical (unpaired) electrons. The molecular formula is C6H15O6P3. The zero-order chi connectivity index (χ0) is 11.4. The number of hydrogen-bond donors (Lipinski definition) is 2. The van der Waals surface area contributed by atoms with Crippen molar-refractivity contribution < 1.29 is 28.5 Å². The molecule has 0 saturated carbocycles. The van der Waals surface area contributed by atoms with E-state index in [9.17, 15) is 5.11 Å². The standard InChI is InChI=1S/C6H15O6P3/c7-1-2-3(8)4(10-13)5(11-14)6(9-2)12-15/h2-8H,1,13-15H2. The highest BCUT2D eigenvalue weighted by Gasteiger charge is 2.46. The van der Waals surface area contributed by atoms with Crippen LogP contribution in [-0.2, 0) is 18.3 Å². The molecule has 2 N–H and O–H groups in total. The van der Waals surface area contributed by atoms with Gasteiger partial charge in [0.1, 0.15) is 24.4 Å². The summed E-state index contributed by atoms with van der Waals surface area (Å²) in [6, 6.07) is 0. The van der Waals surface area contributed by atoms with Crippen molar-refractivity contribution >= 4 is 28.4 Å². The molecule has 1 rings (SSSR count). The molecule has 1 saturated heterocycles. The minimum absolute atomic E-state index is 0.320. The average Bonchev–Trinajstić information content (AvgIpc) is 2.28. The van der Waals surface area contributed by atoms with Crippen LogP contribution in [0.5, 0.6) is 0 Å². The highest BCUT2D eigenvalue weighted by molar-refractivity contribution is 7.10. The molecule has 6 nitrogen and oxygen atoms in total. The van der Waals surface area contributed by atoms with Gasteiger partial charge < -0.3 is 28.5 Å². The third-order valence-electron chi connectivity index (χ3n) is 2.25. The molecular weight excluding hydrogens is 261 g/mol. The average molecular weight is 276 g/mol. The largest absolute Gasteiger partial charge is 0.394 e. The molecule has 9 heteroatoms. The Morgan fingerprint density at radius 3 is 2.07 bits per heavy atom. The lowest BCUT2D eigenvalue weighted by molar-refractivity contribution is -0.260. The zero-order valence-corrected chi connectivity index (χ0v) is 11.3. The number of aliphatic hydroxyl groups excluding tert-OH is 2. The lowest BCUT2D eigenvalue weighted by Gasteiger charge is -2.41. The lowest BCUT2D eigenvalue weighted by Crippen LogP contribution is -2.59. The van der Waals surface area contributed by atoms with E-state index in [0.29, 0.717) is 0 Å². The summed E-state index contributed by atoms with van der Waals surface area (Å²) in [5.41, 5.74) is 0. The fourth-order valence-electron chi connectivity index (χ4n) is 1.45. The minimum Gasteiger partial charge on any atom is -0.394 e. The van der Waals surface area contributed by atoms with Crippen molar-refractivity contribution in [2.45, 2.75) is 30.7 Å². The Morgan fingerprint density at radius 1 is 1.07 bits per heavy atom. The van der Waals surface area contributed by atoms with E-state index in [2.05, 4.69) is 9.47 Å². The molecule has 0 aromatic heterocycles. The van der Waals surface area contributed by atoms with Gasteiger partial charge in [-0.1, -0.05) is 0 Å². The summed E-state index contributed by atoms with van der Waals surface area (Å²) < 4.78 is 20.3. The van der Waals surface area contributed by atoms with Crippen molar-refractivity contribution in [1.29, 1.82) is 0 Å². The first-order valence-corrected chi connectivity index (χ1v) is 5.62. The lowest BCUT2D eigenvalue weighted by atomic mass is 9.99. The summed E-state index contributed by atoms with van der Waals surface area (Å²) in [4.78, 5) is 0. The summed E-state index contributed by atoms with van der Waals surface area (Å²) in [7, 11) is 6.16. The SMILES string of the molecule is OCC1OC(OP)C(OP)C(OP)C1O. The van der Waals surface area contributed by atoms with E-state index >= 15 is 0 Å². The monoisotopic (exact) mass is 276 g/mol. The van der Waals surface area contributed by atoms with Crippen LogP contribution in [0.25, 0.3) is 0 Å². The van der Waals surface area contributed by atoms with E-state index in [1.165, 1.54) is 0 Å². The number of aliphatic hydroxyl groups is 2. The van der Waals surface area contributed by atoms with Gasteiger partial charge in [-0.25, -0.2) is 0 Å². The Kier molecular flexibility index (Phi) is 6.31. The number of hydrogen-bond acceptors (Lipinski definition) is 6. The zero-order valence-electron chi connectivity index (χ0n) is 7.85.